The van der Waals surface area contributed by atoms with Crippen LogP contribution in [0.2, 0.25) is 5.02 Å². The summed E-state index contributed by atoms with van der Waals surface area (Å²) in [6.45, 7) is 1.73. The Morgan fingerprint density at radius 1 is 1.45 bits per heavy atom. The maximum absolute atomic E-state index is 12.2. The molecule has 0 saturated carbocycles. The number of aliphatic hydroxyl groups excluding tert-OH is 1. The van der Waals surface area contributed by atoms with Gasteiger partial charge >= 0.3 is 6.18 Å². The number of ether oxygens (including phenoxy) is 1. The minimum Gasteiger partial charge on any atom is -0.487 e. The van der Waals surface area contributed by atoms with E-state index in [0.717, 1.165) is 0 Å². The van der Waals surface area contributed by atoms with E-state index in [1.165, 1.54) is 0 Å². The van der Waals surface area contributed by atoms with Crippen molar-refractivity contribution in [2.75, 3.05) is 0 Å². The van der Waals surface area contributed by atoms with Crippen molar-refractivity contribution in [1.82, 2.24) is 0 Å². The molecular weight excluding hydrogens is 293 g/mol. The summed E-state index contributed by atoms with van der Waals surface area (Å²) in [5.41, 5.74) is -0.198. The number of fused-ring (bicyclic) bond motifs is 1. The van der Waals surface area contributed by atoms with Crippen molar-refractivity contribution in [2.24, 2.45) is 0 Å². The van der Waals surface area contributed by atoms with E-state index in [0.29, 0.717) is 16.3 Å². The molecule has 1 unspecified atom stereocenters. The molecule has 0 amide bonds. The smallest absolute Gasteiger partial charge is 0.389 e. The summed E-state index contributed by atoms with van der Waals surface area (Å²) < 4.78 is 42.3. The van der Waals surface area contributed by atoms with Gasteiger partial charge in [0.2, 0.25) is 0 Å². The fourth-order valence-corrected chi connectivity index (χ4v) is 2.70. The number of halogens is 4. The van der Waals surface area contributed by atoms with E-state index in [2.05, 4.69) is 0 Å². The molecule has 0 spiro atoms. The van der Waals surface area contributed by atoms with Crippen LogP contribution in [0.5, 0.6) is 5.75 Å². The van der Waals surface area contributed by atoms with Crippen LogP contribution in [0.1, 0.15) is 44.3 Å². The highest BCUT2D eigenvalue weighted by molar-refractivity contribution is 6.30. The zero-order valence-electron chi connectivity index (χ0n) is 11.0. The molecule has 2 rings (SSSR count). The van der Waals surface area contributed by atoms with Crippen molar-refractivity contribution in [1.29, 1.82) is 0 Å². The van der Waals surface area contributed by atoms with Gasteiger partial charge in [0.25, 0.3) is 0 Å². The quantitative estimate of drug-likeness (QED) is 0.881. The van der Waals surface area contributed by atoms with Crippen LogP contribution in [0.4, 0.5) is 13.2 Å². The molecule has 0 saturated heterocycles. The largest absolute Gasteiger partial charge is 0.487 e. The van der Waals surface area contributed by atoms with E-state index >= 15 is 0 Å². The van der Waals surface area contributed by atoms with Crippen LogP contribution in [-0.4, -0.2) is 16.9 Å². The van der Waals surface area contributed by atoms with Gasteiger partial charge < -0.3 is 9.84 Å². The lowest BCUT2D eigenvalue weighted by Gasteiger charge is -2.38. The number of rotatable bonds is 3. The van der Waals surface area contributed by atoms with Crippen molar-refractivity contribution in [3.63, 3.8) is 0 Å². The van der Waals surface area contributed by atoms with Crippen molar-refractivity contribution < 1.29 is 23.0 Å². The van der Waals surface area contributed by atoms with E-state index in [4.69, 9.17) is 16.3 Å². The zero-order chi connectivity index (χ0) is 15.0. The molecule has 1 aromatic carbocycles. The molecule has 2 atom stereocenters. The number of hydrogen-bond acceptors (Lipinski definition) is 2. The van der Waals surface area contributed by atoms with Crippen LogP contribution in [-0.2, 0) is 0 Å². The summed E-state index contributed by atoms with van der Waals surface area (Å²) in [5, 5.41) is 10.6. The topological polar surface area (TPSA) is 29.5 Å². The predicted molar refractivity (Wildman–Crippen MR) is 70.0 cm³/mol. The Morgan fingerprint density at radius 2 is 2.15 bits per heavy atom. The molecule has 1 aliphatic rings. The van der Waals surface area contributed by atoms with Gasteiger partial charge in [0.1, 0.15) is 11.4 Å². The van der Waals surface area contributed by atoms with Crippen LogP contribution in [0.25, 0.3) is 0 Å². The van der Waals surface area contributed by atoms with Gasteiger partial charge in [-0.05, 0) is 38.0 Å². The second-order valence-corrected chi connectivity index (χ2v) is 5.86. The molecule has 1 heterocycles. The minimum absolute atomic E-state index is 0.0182. The van der Waals surface area contributed by atoms with E-state index < -0.39 is 24.3 Å². The Hall–Kier alpha value is -0.940. The second-order valence-electron chi connectivity index (χ2n) is 5.42. The van der Waals surface area contributed by atoms with Crippen molar-refractivity contribution in [3.05, 3.63) is 28.8 Å². The third-order valence-electron chi connectivity index (χ3n) is 3.48. The lowest BCUT2D eigenvalue weighted by molar-refractivity contribution is -0.138. The van der Waals surface area contributed by atoms with Gasteiger partial charge in [0.05, 0.1) is 6.10 Å². The van der Waals surface area contributed by atoms with Gasteiger partial charge in [-0.25, -0.2) is 0 Å². The maximum atomic E-state index is 12.2. The summed E-state index contributed by atoms with van der Waals surface area (Å²) in [4.78, 5) is 0. The molecule has 2 nitrogen and oxygen atoms in total. The molecule has 0 aliphatic carbocycles. The summed E-state index contributed by atoms with van der Waals surface area (Å²) >= 11 is 5.86. The highest BCUT2D eigenvalue weighted by Crippen LogP contribution is 2.43. The average molecular weight is 309 g/mol. The fourth-order valence-electron chi connectivity index (χ4n) is 2.51. The normalized spacial score (nSPS) is 26.0. The number of alkyl halides is 3. The Morgan fingerprint density at radius 3 is 2.80 bits per heavy atom. The standard InChI is InChI=1S/C14H16ClF3O2/c1-13(5-2-6-14(16,17)18)8-11(19)10-7-9(15)3-4-12(10)20-13/h3-4,7,11,19H,2,5-6,8H2,1H3/t11-,13?/m1/s1. The van der Waals surface area contributed by atoms with E-state index in [9.17, 15) is 18.3 Å². The first kappa shape index (κ1) is 15.4. The summed E-state index contributed by atoms with van der Waals surface area (Å²) in [6.07, 6.45) is -5.28. The van der Waals surface area contributed by atoms with Crippen LogP contribution in [0.3, 0.4) is 0 Å². The van der Waals surface area contributed by atoms with E-state index in [1.54, 1.807) is 25.1 Å². The zero-order valence-corrected chi connectivity index (χ0v) is 11.8. The van der Waals surface area contributed by atoms with Crippen molar-refractivity contribution in [2.45, 2.75) is 50.5 Å². The fraction of sp³-hybridized carbons (Fsp3) is 0.571. The SMILES string of the molecule is CC1(CCCC(F)(F)F)C[C@@H](O)c2cc(Cl)ccc2O1. The lowest BCUT2D eigenvalue weighted by Crippen LogP contribution is -2.38. The monoisotopic (exact) mass is 308 g/mol. The molecule has 0 bridgehead atoms. The molecule has 6 heteroatoms. The van der Waals surface area contributed by atoms with E-state index in [1.807, 2.05) is 0 Å². The molecule has 1 aliphatic heterocycles. The Balaban J connectivity index is 2.06. The Bertz CT molecular complexity index is 490. The second kappa shape index (κ2) is 5.45. The first-order valence-electron chi connectivity index (χ1n) is 6.42. The van der Waals surface area contributed by atoms with Crippen LogP contribution >= 0.6 is 11.6 Å². The number of benzene rings is 1. The van der Waals surface area contributed by atoms with Gasteiger partial charge in [-0.3, -0.25) is 0 Å². The molecule has 1 N–H and O–H groups in total. The number of hydrogen-bond donors (Lipinski definition) is 1. The minimum atomic E-state index is -4.16. The van der Waals surface area contributed by atoms with Gasteiger partial charge in [-0.2, -0.15) is 13.2 Å². The summed E-state index contributed by atoms with van der Waals surface area (Å²) in [6, 6.07) is 4.90. The van der Waals surface area contributed by atoms with Gasteiger partial charge in [0, 0.05) is 23.4 Å². The van der Waals surface area contributed by atoms with Gasteiger partial charge in [-0.1, -0.05) is 11.6 Å². The molecule has 0 radical (unpaired) electrons. The van der Waals surface area contributed by atoms with Crippen LogP contribution in [0, 0.1) is 0 Å². The predicted octanol–water partition coefficient (Wildman–Crippen LogP) is 4.65. The van der Waals surface area contributed by atoms with Crippen LogP contribution in [0.15, 0.2) is 18.2 Å². The summed E-state index contributed by atoms with van der Waals surface area (Å²) in [5.74, 6) is 0.489. The molecule has 1 aromatic rings. The molecular formula is C14H16ClF3O2. The maximum Gasteiger partial charge on any atom is 0.389 e. The lowest BCUT2D eigenvalue weighted by atomic mass is 9.86. The molecule has 20 heavy (non-hydrogen) atoms. The molecule has 112 valence electrons. The highest BCUT2D eigenvalue weighted by Gasteiger charge is 2.37. The van der Waals surface area contributed by atoms with Crippen molar-refractivity contribution in [3.8, 4) is 5.75 Å². The first-order valence-corrected chi connectivity index (χ1v) is 6.80. The van der Waals surface area contributed by atoms with Crippen molar-refractivity contribution >= 4 is 11.6 Å². The van der Waals surface area contributed by atoms with Crippen LogP contribution < -0.4 is 4.74 Å². The summed E-state index contributed by atoms with van der Waals surface area (Å²) in [7, 11) is 0. The third kappa shape index (κ3) is 3.79. The Kier molecular flexibility index (Phi) is 4.21. The molecule has 0 aromatic heterocycles. The highest BCUT2D eigenvalue weighted by atomic mass is 35.5. The molecule has 0 fully saturated rings. The van der Waals surface area contributed by atoms with Gasteiger partial charge in [0.15, 0.2) is 0 Å². The third-order valence-corrected chi connectivity index (χ3v) is 3.71. The average Bonchev–Trinajstić information content (AvgIpc) is 2.28. The number of aliphatic hydroxyl groups is 1. The van der Waals surface area contributed by atoms with E-state index in [-0.39, 0.29) is 19.3 Å². The first-order chi connectivity index (χ1) is 9.19. The van der Waals surface area contributed by atoms with Gasteiger partial charge in [-0.15, -0.1) is 0 Å². The Labute approximate surface area is 120 Å².